The highest BCUT2D eigenvalue weighted by Crippen LogP contribution is 2.25. The number of nitrogens with zero attached hydrogens (tertiary/aromatic N) is 2. The molecule has 1 aromatic rings. The van der Waals surface area contributed by atoms with Gasteiger partial charge in [-0.2, -0.15) is 0 Å². The fourth-order valence-corrected chi connectivity index (χ4v) is 1.92. The molecule has 7 heteroatoms. The molecule has 1 saturated carbocycles. The first kappa shape index (κ1) is 13.3. The molecule has 0 aliphatic heterocycles. The fourth-order valence-electron chi connectivity index (χ4n) is 1.92. The molecule has 19 heavy (non-hydrogen) atoms. The summed E-state index contributed by atoms with van der Waals surface area (Å²) in [5, 5.41) is 13.3. The Morgan fingerprint density at radius 3 is 2.79 bits per heavy atom. The first-order valence-electron chi connectivity index (χ1n) is 6.18. The summed E-state index contributed by atoms with van der Waals surface area (Å²) in [6.07, 6.45) is 4.53. The summed E-state index contributed by atoms with van der Waals surface area (Å²) in [4.78, 5) is 33.2. The number of nitrogens with one attached hydrogen (secondary N) is 1. The van der Waals surface area contributed by atoms with E-state index in [9.17, 15) is 19.7 Å². The van der Waals surface area contributed by atoms with Crippen molar-refractivity contribution in [1.82, 2.24) is 9.88 Å². The van der Waals surface area contributed by atoms with E-state index in [4.69, 9.17) is 0 Å². The van der Waals surface area contributed by atoms with Crippen molar-refractivity contribution < 1.29 is 9.72 Å². The second kappa shape index (κ2) is 5.64. The zero-order valence-corrected chi connectivity index (χ0v) is 10.4. The molecular weight excluding hydrogens is 250 g/mol. The lowest BCUT2D eigenvalue weighted by Crippen LogP contribution is -2.36. The molecule has 0 bridgehead atoms. The molecule has 7 nitrogen and oxygen atoms in total. The largest absolute Gasteiger partial charge is 0.354 e. The van der Waals surface area contributed by atoms with E-state index >= 15 is 0 Å². The SMILES string of the molecule is O=C(Cn1cc([N+](=O)[O-])ccc1=O)NCC1CCC1. The van der Waals surface area contributed by atoms with Gasteiger partial charge in [0.1, 0.15) is 6.54 Å². The Labute approximate surface area is 109 Å². The summed E-state index contributed by atoms with van der Waals surface area (Å²) in [5.41, 5.74) is -0.629. The van der Waals surface area contributed by atoms with Gasteiger partial charge in [0.05, 0.1) is 11.1 Å². The van der Waals surface area contributed by atoms with Gasteiger partial charge in [0.25, 0.3) is 11.2 Å². The van der Waals surface area contributed by atoms with Gasteiger partial charge in [0.15, 0.2) is 0 Å². The minimum absolute atomic E-state index is 0.187. The Kier molecular flexibility index (Phi) is 3.94. The van der Waals surface area contributed by atoms with Gasteiger partial charge in [-0.15, -0.1) is 0 Å². The van der Waals surface area contributed by atoms with E-state index in [1.54, 1.807) is 0 Å². The number of hydrogen-bond donors (Lipinski definition) is 1. The molecule has 1 aliphatic rings. The second-order valence-corrected chi connectivity index (χ2v) is 4.71. The summed E-state index contributed by atoms with van der Waals surface area (Å²) in [5.74, 6) is 0.236. The highest BCUT2D eigenvalue weighted by Gasteiger charge is 2.18. The monoisotopic (exact) mass is 265 g/mol. The average molecular weight is 265 g/mol. The lowest BCUT2D eigenvalue weighted by molar-refractivity contribution is -0.385. The van der Waals surface area contributed by atoms with E-state index in [2.05, 4.69) is 5.32 Å². The van der Waals surface area contributed by atoms with E-state index < -0.39 is 10.5 Å². The van der Waals surface area contributed by atoms with Crippen molar-refractivity contribution in [3.05, 3.63) is 38.8 Å². The number of hydrogen-bond acceptors (Lipinski definition) is 4. The summed E-state index contributed by atoms with van der Waals surface area (Å²) < 4.78 is 1.05. The lowest BCUT2D eigenvalue weighted by atomic mass is 9.85. The van der Waals surface area contributed by atoms with Crippen LogP contribution in [0.4, 0.5) is 5.69 Å². The number of pyridine rings is 1. The molecule has 1 aliphatic carbocycles. The van der Waals surface area contributed by atoms with E-state index in [1.165, 1.54) is 6.42 Å². The van der Waals surface area contributed by atoms with Crippen molar-refractivity contribution in [3.8, 4) is 0 Å². The Morgan fingerprint density at radius 1 is 1.47 bits per heavy atom. The number of carbonyl (C=O) groups excluding carboxylic acids is 1. The van der Waals surface area contributed by atoms with Crippen LogP contribution >= 0.6 is 0 Å². The summed E-state index contributed by atoms with van der Waals surface area (Å²) in [7, 11) is 0. The van der Waals surface area contributed by atoms with Gasteiger partial charge >= 0.3 is 0 Å². The van der Waals surface area contributed by atoms with Crippen LogP contribution in [0.2, 0.25) is 0 Å². The number of aromatic nitrogens is 1. The van der Waals surface area contributed by atoms with Crippen LogP contribution in [0.3, 0.4) is 0 Å². The normalized spacial score (nSPS) is 14.7. The van der Waals surface area contributed by atoms with Crippen molar-refractivity contribution in [2.75, 3.05) is 6.54 Å². The van der Waals surface area contributed by atoms with Crippen LogP contribution in [-0.4, -0.2) is 21.9 Å². The molecule has 1 amide bonds. The molecule has 0 aromatic carbocycles. The van der Waals surface area contributed by atoms with Crippen molar-refractivity contribution in [2.24, 2.45) is 5.92 Å². The molecule has 0 spiro atoms. The summed E-state index contributed by atoms with van der Waals surface area (Å²) in [6, 6.07) is 2.22. The van der Waals surface area contributed by atoms with Crippen molar-refractivity contribution in [3.63, 3.8) is 0 Å². The van der Waals surface area contributed by atoms with Gasteiger partial charge in [0, 0.05) is 18.7 Å². The second-order valence-electron chi connectivity index (χ2n) is 4.71. The number of amides is 1. The maximum absolute atomic E-state index is 11.6. The first-order valence-corrected chi connectivity index (χ1v) is 6.18. The third kappa shape index (κ3) is 3.40. The molecule has 1 fully saturated rings. The van der Waals surface area contributed by atoms with Crippen molar-refractivity contribution >= 4 is 11.6 Å². The van der Waals surface area contributed by atoms with Crippen molar-refractivity contribution in [1.29, 1.82) is 0 Å². The molecule has 102 valence electrons. The van der Waals surface area contributed by atoms with Crippen LogP contribution in [0.5, 0.6) is 0 Å². The number of nitro groups is 1. The van der Waals surface area contributed by atoms with Crippen LogP contribution in [0.15, 0.2) is 23.1 Å². The van der Waals surface area contributed by atoms with Crippen LogP contribution in [0, 0.1) is 16.0 Å². The zero-order valence-electron chi connectivity index (χ0n) is 10.4. The molecule has 1 aromatic heterocycles. The highest BCUT2D eigenvalue weighted by molar-refractivity contribution is 5.75. The van der Waals surface area contributed by atoms with Gasteiger partial charge in [0.2, 0.25) is 5.91 Å². The van der Waals surface area contributed by atoms with E-state index in [-0.39, 0.29) is 18.1 Å². The van der Waals surface area contributed by atoms with Gasteiger partial charge in [-0.3, -0.25) is 24.3 Å². The Bertz CT molecular complexity index is 548. The summed E-state index contributed by atoms with van der Waals surface area (Å²) >= 11 is 0. The fraction of sp³-hybridized carbons (Fsp3) is 0.500. The van der Waals surface area contributed by atoms with Crippen molar-refractivity contribution in [2.45, 2.75) is 25.8 Å². The minimum Gasteiger partial charge on any atom is -0.354 e. The molecule has 0 radical (unpaired) electrons. The van der Waals surface area contributed by atoms with E-state index in [1.807, 2.05) is 0 Å². The lowest BCUT2D eigenvalue weighted by Gasteiger charge is -2.25. The minimum atomic E-state index is -0.595. The standard InChI is InChI=1S/C12H15N3O4/c16-11(13-6-9-2-1-3-9)8-14-7-10(15(18)19)4-5-12(14)17/h4-5,7,9H,1-3,6,8H2,(H,13,16). The first-order chi connectivity index (χ1) is 9.06. The molecule has 1 heterocycles. The molecule has 0 atom stereocenters. The summed E-state index contributed by atoms with van der Waals surface area (Å²) in [6.45, 7) is 0.426. The van der Waals surface area contributed by atoms with Crippen LogP contribution in [-0.2, 0) is 11.3 Å². The molecular formula is C12H15N3O4. The van der Waals surface area contributed by atoms with Gasteiger partial charge < -0.3 is 5.32 Å². The number of rotatable bonds is 5. The third-order valence-electron chi connectivity index (χ3n) is 3.31. The van der Waals surface area contributed by atoms with Gasteiger partial charge in [-0.25, -0.2) is 0 Å². The Hall–Kier alpha value is -2.18. The van der Waals surface area contributed by atoms with Gasteiger partial charge in [-0.1, -0.05) is 6.42 Å². The molecule has 0 saturated heterocycles. The van der Waals surface area contributed by atoms with E-state index in [0.29, 0.717) is 12.5 Å². The number of carbonyl (C=O) groups is 1. The molecule has 0 unspecified atom stereocenters. The van der Waals surface area contributed by atoms with E-state index in [0.717, 1.165) is 35.7 Å². The van der Waals surface area contributed by atoms with Crippen LogP contribution in [0.25, 0.3) is 0 Å². The molecule has 2 rings (SSSR count). The maximum atomic E-state index is 11.6. The zero-order chi connectivity index (χ0) is 13.8. The Morgan fingerprint density at radius 2 is 2.21 bits per heavy atom. The van der Waals surface area contributed by atoms with Gasteiger partial charge in [-0.05, 0) is 18.8 Å². The Balaban J connectivity index is 1.96. The highest BCUT2D eigenvalue weighted by atomic mass is 16.6. The topological polar surface area (TPSA) is 94.2 Å². The van der Waals surface area contributed by atoms with Crippen LogP contribution < -0.4 is 10.9 Å². The van der Waals surface area contributed by atoms with Crippen LogP contribution in [0.1, 0.15) is 19.3 Å². The smallest absolute Gasteiger partial charge is 0.285 e. The quantitative estimate of drug-likeness (QED) is 0.625. The maximum Gasteiger partial charge on any atom is 0.285 e. The third-order valence-corrected chi connectivity index (χ3v) is 3.31. The molecule has 1 N–H and O–H groups in total. The average Bonchev–Trinajstić information content (AvgIpc) is 2.29. The predicted octanol–water partition coefficient (Wildman–Crippen LogP) is 0.673. The predicted molar refractivity (Wildman–Crippen MR) is 67.7 cm³/mol.